The van der Waals surface area contributed by atoms with Crippen LogP contribution in [0.4, 0.5) is 17.2 Å². The van der Waals surface area contributed by atoms with E-state index >= 15 is 0 Å². The fourth-order valence-corrected chi connectivity index (χ4v) is 4.86. The summed E-state index contributed by atoms with van der Waals surface area (Å²) in [6, 6.07) is 14.9. The van der Waals surface area contributed by atoms with E-state index in [1.165, 1.54) is 18.5 Å². The molecule has 0 spiro atoms. The fourth-order valence-electron chi connectivity index (χ4n) is 2.98. The van der Waals surface area contributed by atoms with E-state index in [-0.39, 0.29) is 11.8 Å². The van der Waals surface area contributed by atoms with E-state index in [0.717, 1.165) is 5.69 Å². The normalized spacial score (nSPS) is 12.9. The fraction of sp³-hybridized carbons (Fsp3) is 0.273. The maximum Gasteiger partial charge on any atom is 0.379 e. The monoisotopic (exact) mass is 456 g/mol. The topological polar surface area (TPSA) is 116 Å². The molecular weight excluding hydrogens is 431 g/mol. The summed E-state index contributed by atoms with van der Waals surface area (Å²) >= 11 is 0. The Morgan fingerprint density at radius 2 is 1.88 bits per heavy atom. The molecule has 1 N–H and O–H groups in total. The van der Waals surface area contributed by atoms with Gasteiger partial charge in [-0.25, -0.2) is 14.5 Å². The lowest BCUT2D eigenvalue weighted by Gasteiger charge is -2.21. The Kier molecular flexibility index (Phi) is 7.56. The molecule has 0 bridgehead atoms. The van der Waals surface area contributed by atoms with Gasteiger partial charge < -0.3 is 9.84 Å². The van der Waals surface area contributed by atoms with Crippen molar-refractivity contribution in [2.24, 2.45) is 0 Å². The number of benzene rings is 2. The summed E-state index contributed by atoms with van der Waals surface area (Å²) in [6.07, 6.45) is 2.21. The van der Waals surface area contributed by atoms with E-state index in [0.29, 0.717) is 35.4 Å². The van der Waals surface area contributed by atoms with Gasteiger partial charge in [-0.05, 0) is 44.5 Å². The van der Waals surface area contributed by atoms with Crippen LogP contribution < -0.4 is 9.84 Å². The lowest BCUT2D eigenvalue weighted by molar-refractivity contribution is -0.384. The van der Waals surface area contributed by atoms with Crippen molar-refractivity contribution in [2.75, 3.05) is 11.5 Å². The molecule has 1 atom stereocenters. The summed E-state index contributed by atoms with van der Waals surface area (Å²) in [5.74, 6) is 0.975. The predicted molar refractivity (Wildman–Crippen MR) is 123 cm³/mol. The summed E-state index contributed by atoms with van der Waals surface area (Å²) in [5.41, 5.74) is 1.90. The van der Waals surface area contributed by atoms with Crippen LogP contribution in [-0.4, -0.2) is 27.2 Å². The molecule has 3 aromatic rings. The highest BCUT2D eigenvalue weighted by atomic mass is 31.2. The molecule has 3 rings (SSSR count). The third-order valence-electron chi connectivity index (χ3n) is 4.26. The summed E-state index contributed by atoms with van der Waals surface area (Å²) in [4.78, 5) is 19.0. The van der Waals surface area contributed by atoms with Gasteiger partial charge in [0.2, 0.25) is 0 Å². The zero-order valence-corrected chi connectivity index (χ0v) is 19.0. The van der Waals surface area contributed by atoms with Gasteiger partial charge >= 0.3 is 7.60 Å². The van der Waals surface area contributed by atoms with Gasteiger partial charge in [0.1, 0.15) is 17.9 Å². The van der Waals surface area contributed by atoms with Gasteiger partial charge in [-0.15, -0.1) is 0 Å². The average molecular weight is 456 g/mol. The maximum absolute atomic E-state index is 12.9. The van der Waals surface area contributed by atoms with E-state index in [9.17, 15) is 14.7 Å². The van der Waals surface area contributed by atoms with Crippen LogP contribution in [-0.2, 0) is 9.09 Å². The smallest absolute Gasteiger partial charge is 0.379 e. The molecule has 168 valence electrons. The third kappa shape index (κ3) is 6.35. The van der Waals surface area contributed by atoms with Gasteiger partial charge in [0.25, 0.3) is 5.69 Å². The molecular formula is C22H25N4O5P. The summed E-state index contributed by atoms with van der Waals surface area (Å²) < 4.78 is 24.1. The van der Waals surface area contributed by atoms with Crippen molar-refractivity contribution < 1.29 is 18.5 Å². The Morgan fingerprint density at radius 1 is 1.12 bits per heavy atom. The van der Waals surface area contributed by atoms with Crippen LogP contribution in [0.2, 0.25) is 0 Å². The molecule has 2 aromatic carbocycles. The second-order valence-corrected chi connectivity index (χ2v) is 9.39. The van der Waals surface area contributed by atoms with Gasteiger partial charge in [0.15, 0.2) is 0 Å². The Hall–Kier alpha value is -3.29. The van der Waals surface area contributed by atoms with E-state index < -0.39 is 12.5 Å². The number of anilines is 2. The first-order valence-corrected chi connectivity index (χ1v) is 11.9. The Labute approximate surface area is 186 Å². The first kappa shape index (κ1) is 23.4. The van der Waals surface area contributed by atoms with Crippen molar-refractivity contribution in [3.05, 3.63) is 71.0 Å². The van der Waals surface area contributed by atoms with Gasteiger partial charge in [-0.3, -0.25) is 14.6 Å². The Bertz CT molecular complexity index is 1120. The number of rotatable bonds is 10. The van der Waals surface area contributed by atoms with Crippen LogP contribution in [0.3, 0.4) is 0 Å². The van der Waals surface area contributed by atoms with Crippen LogP contribution in [0.5, 0.6) is 5.75 Å². The predicted octanol–water partition coefficient (Wildman–Crippen LogP) is 6.20. The molecule has 0 radical (unpaired) electrons. The van der Waals surface area contributed by atoms with Crippen LogP contribution in [0.1, 0.15) is 27.2 Å². The number of nitrogens with one attached hydrogen (secondary N) is 1. The van der Waals surface area contributed by atoms with E-state index in [2.05, 4.69) is 15.3 Å². The summed E-state index contributed by atoms with van der Waals surface area (Å²) in [5, 5.41) is 14.2. The Morgan fingerprint density at radius 3 is 2.53 bits per heavy atom. The molecule has 1 aromatic heterocycles. The van der Waals surface area contributed by atoms with Crippen molar-refractivity contribution in [2.45, 2.75) is 33.3 Å². The second kappa shape index (κ2) is 10.3. The average Bonchev–Trinajstić information content (AvgIpc) is 2.75. The highest BCUT2D eigenvalue weighted by molar-refractivity contribution is 7.54. The molecule has 0 aliphatic rings. The molecule has 0 aliphatic heterocycles. The van der Waals surface area contributed by atoms with E-state index in [1.54, 1.807) is 42.5 Å². The zero-order chi connectivity index (χ0) is 23.1. The van der Waals surface area contributed by atoms with E-state index in [1.807, 2.05) is 20.8 Å². The molecule has 1 heterocycles. The van der Waals surface area contributed by atoms with Gasteiger partial charge in [-0.1, -0.05) is 19.1 Å². The molecule has 1 unspecified atom stereocenters. The van der Waals surface area contributed by atoms with Gasteiger partial charge in [0, 0.05) is 29.4 Å². The molecule has 0 saturated carbocycles. The molecule has 0 aliphatic carbocycles. The highest BCUT2D eigenvalue weighted by Gasteiger charge is 2.26. The van der Waals surface area contributed by atoms with Gasteiger partial charge in [-0.2, -0.15) is 0 Å². The van der Waals surface area contributed by atoms with Crippen molar-refractivity contribution in [1.29, 1.82) is 0 Å². The number of nitro benzene ring substituents is 1. The standard InChI is InChI=1S/C22H25N4O5P/c1-4-12-32(29,30-16(2)3)31-20-10-8-18(9-11-20)25-22-14-21(23-15-24-22)17-6-5-7-19(13-17)26(27)28/h5-11,13-16H,4,12H2,1-3H3,(H,23,24,25). The second-order valence-electron chi connectivity index (χ2n) is 7.33. The van der Waals surface area contributed by atoms with Crippen LogP contribution >= 0.6 is 7.60 Å². The first-order chi connectivity index (χ1) is 15.3. The van der Waals surface area contributed by atoms with Crippen molar-refractivity contribution in [3.8, 4) is 17.0 Å². The molecule has 0 fully saturated rings. The van der Waals surface area contributed by atoms with Crippen LogP contribution in [0.15, 0.2) is 60.9 Å². The number of hydrogen-bond donors (Lipinski definition) is 1. The zero-order valence-electron chi connectivity index (χ0n) is 18.1. The minimum absolute atomic E-state index is 0.00646. The molecule has 32 heavy (non-hydrogen) atoms. The number of nitro groups is 1. The minimum atomic E-state index is -3.22. The van der Waals surface area contributed by atoms with Crippen molar-refractivity contribution in [1.82, 2.24) is 9.97 Å². The SMILES string of the molecule is CCCP(=O)(Oc1ccc(Nc2cc(-c3cccc([N+](=O)[O-])c3)ncn2)cc1)OC(C)C. The molecule has 9 nitrogen and oxygen atoms in total. The summed E-state index contributed by atoms with van der Waals surface area (Å²) in [7, 11) is -3.22. The quantitative estimate of drug-likeness (QED) is 0.218. The molecule has 0 saturated heterocycles. The number of nitrogens with zero attached hydrogens (tertiary/aromatic N) is 3. The lowest BCUT2D eigenvalue weighted by atomic mass is 10.1. The number of hydrogen-bond acceptors (Lipinski definition) is 8. The van der Waals surface area contributed by atoms with Crippen LogP contribution in [0, 0.1) is 10.1 Å². The first-order valence-electron chi connectivity index (χ1n) is 10.2. The maximum atomic E-state index is 12.9. The number of non-ortho nitro benzene ring substituents is 1. The lowest BCUT2D eigenvalue weighted by Crippen LogP contribution is -2.08. The van der Waals surface area contributed by atoms with Crippen molar-refractivity contribution in [3.63, 3.8) is 0 Å². The van der Waals surface area contributed by atoms with Crippen molar-refractivity contribution >= 4 is 24.8 Å². The third-order valence-corrected chi connectivity index (χ3v) is 6.49. The minimum Gasteiger partial charge on any atom is -0.424 e. The molecule has 0 amide bonds. The van der Waals surface area contributed by atoms with Crippen LogP contribution in [0.25, 0.3) is 11.3 Å². The highest BCUT2D eigenvalue weighted by Crippen LogP contribution is 2.50. The summed E-state index contributed by atoms with van der Waals surface area (Å²) in [6.45, 7) is 5.57. The van der Waals surface area contributed by atoms with Gasteiger partial charge in [0.05, 0.1) is 22.9 Å². The Balaban J connectivity index is 1.73. The number of aromatic nitrogens is 2. The molecule has 10 heteroatoms. The van der Waals surface area contributed by atoms with E-state index in [4.69, 9.17) is 9.05 Å². The largest absolute Gasteiger partial charge is 0.424 e.